The van der Waals surface area contributed by atoms with E-state index in [0.717, 1.165) is 6.54 Å². The van der Waals surface area contributed by atoms with E-state index in [-0.39, 0.29) is 12.3 Å². The lowest BCUT2D eigenvalue weighted by atomic mass is 10.3. The van der Waals surface area contributed by atoms with Gasteiger partial charge in [0.15, 0.2) is 11.6 Å². The summed E-state index contributed by atoms with van der Waals surface area (Å²) >= 11 is 0. The van der Waals surface area contributed by atoms with Crippen LogP contribution in [-0.2, 0) is 4.79 Å². The molecule has 1 aliphatic carbocycles. The lowest BCUT2D eigenvalue weighted by Crippen LogP contribution is -2.35. The van der Waals surface area contributed by atoms with Crippen LogP contribution in [0.3, 0.4) is 0 Å². The molecule has 0 amide bonds. The molecule has 0 aromatic heterocycles. The quantitative estimate of drug-likeness (QED) is 0.782. The minimum absolute atomic E-state index is 0.0110. The molecule has 0 heterocycles. The molecule has 1 aliphatic rings. The molecule has 0 spiro atoms. The highest BCUT2D eigenvalue weighted by molar-refractivity contribution is 5.69. The van der Waals surface area contributed by atoms with Crippen molar-refractivity contribution in [1.82, 2.24) is 4.90 Å². The monoisotopic (exact) mass is 267 g/mol. The smallest absolute Gasteiger partial charge is 0.317 e. The molecule has 4 nitrogen and oxygen atoms in total. The number of benzene rings is 1. The van der Waals surface area contributed by atoms with Gasteiger partial charge in [-0.15, -0.1) is 0 Å². The Morgan fingerprint density at radius 2 is 2.16 bits per heavy atom. The van der Waals surface area contributed by atoms with Crippen molar-refractivity contribution in [3.63, 3.8) is 0 Å². The molecular formula is C14H18FNO3. The molecular weight excluding hydrogens is 249 g/mol. The van der Waals surface area contributed by atoms with E-state index < -0.39 is 11.8 Å². The van der Waals surface area contributed by atoms with E-state index in [2.05, 4.69) is 0 Å². The van der Waals surface area contributed by atoms with Crippen molar-refractivity contribution in [2.45, 2.75) is 12.8 Å². The SMILES string of the molecule is O=C(O)CN(CCOc1ccccc1F)CC1CC1. The third kappa shape index (κ3) is 4.87. The van der Waals surface area contributed by atoms with Gasteiger partial charge >= 0.3 is 5.97 Å². The third-order valence-electron chi connectivity index (χ3n) is 3.07. The van der Waals surface area contributed by atoms with E-state index in [1.807, 2.05) is 4.90 Å². The van der Waals surface area contributed by atoms with E-state index in [9.17, 15) is 9.18 Å². The Kier molecular flexibility index (Phi) is 4.74. The fraction of sp³-hybridized carbons (Fsp3) is 0.500. The summed E-state index contributed by atoms with van der Waals surface area (Å²) in [4.78, 5) is 12.6. The molecule has 1 N–H and O–H groups in total. The molecule has 2 rings (SSSR count). The first-order chi connectivity index (χ1) is 9.15. The second-order valence-electron chi connectivity index (χ2n) is 4.85. The highest BCUT2D eigenvalue weighted by Crippen LogP contribution is 2.29. The zero-order chi connectivity index (χ0) is 13.7. The Labute approximate surface area is 111 Å². The number of halogens is 1. The predicted molar refractivity (Wildman–Crippen MR) is 68.7 cm³/mol. The second kappa shape index (κ2) is 6.52. The van der Waals surface area contributed by atoms with Gasteiger partial charge in [-0.05, 0) is 30.9 Å². The van der Waals surface area contributed by atoms with Gasteiger partial charge in [-0.3, -0.25) is 9.69 Å². The molecule has 19 heavy (non-hydrogen) atoms. The first-order valence-corrected chi connectivity index (χ1v) is 6.46. The molecule has 1 aromatic rings. The average molecular weight is 267 g/mol. The molecule has 0 unspecified atom stereocenters. The van der Waals surface area contributed by atoms with Crippen LogP contribution in [-0.4, -0.2) is 42.2 Å². The van der Waals surface area contributed by atoms with Gasteiger partial charge in [0.1, 0.15) is 6.61 Å². The number of hydrogen-bond acceptors (Lipinski definition) is 3. The largest absolute Gasteiger partial charge is 0.489 e. The topological polar surface area (TPSA) is 49.8 Å². The lowest BCUT2D eigenvalue weighted by molar-refractivity contribution is -0.138. The molecule has 1 saturated carbocycles. The van der Waals surface area contributed by atoms with Crippen LogP contribution in [0.5, 0.6) is 5.75 Å². The Morgan fingerprint density at radius 3 is 2.79 bits per heavy atom. The Hall–Kier alpha value is -1.62. The molecule has 1 aromatic carbocycles. The van der Waals surface area contributed by atoms with Crippen molar-refractivity contribution < 1.29 is 19.0 Å². The average Bonchev–Trinajstić information content (AvgIpc) is 3.14. The maximum atomic E-state index is 13.3. The van der Waals surface area contributed by atoms with Gasteiger partial charge in [-0.1, -0.05) is 12.1 Å². The molecule has 104 valence electrons. The maximum absolute atomic E-state index is 13.3. The van der Waals surface area contributed by atoms with Gasteiger partial charge in [0, 0.05) is 13.1 Å². The number of nitrogens with zero attached hydrogens (tertiary/aromatic N) is 1. The molecule has 0 aliphatic heterocycles. The van der Waals surface area contributed by atoms with Gasteiger partial charge in [0.25, 0.3) is 0 Å². The van der Waals surface area contributed by atoms with Crippen LogP contribution in [0.2, 0.25) is 0 Å². The number of rotatable bonds is 8. The standard InChI is InChI=1S/C14H18FNO3/c15-12-3-1-2-4-13(12)19-8-7-16(10-14(17)18)9-11-5-6-11/h1-4,11H,5-10H2,(H,17,18). The first-order valence-electron chi connectivity index (χ1n) is 6.46. The molecule has 1 fully saturated rings. The number of carbonyl (C=O) groups is 1. The van der Waals surface area contributed by atoms with E-state index in [0.29, 0.717) is 19.1 Å². The summed E-state index contributed by atoms with van der Waals surface area (Å²) in [6.07, 6.45) is 2.34. The number of carboxylic acids is 1. The first kappa shape index (κ1) is 13.8. The van der Waals surface area contributed by atoms with Crippen LogP contribution in [0.15, 0.2) is 24.3 Å². The zero-order valence-corrected chi connectivity index (χ0v) is 10.7. The van der Waals surface area contributed by atoms with Crippen molar-refractivity contribution >= 4 is 5.97 Å². The van der Waals surface area contributed by atoms with Gasteiger partial charge < -0.3 is 9.84 Å². The molecule has 0 atom stereocenters. The van der Waals surface area contributed by atoms with Gasteiger partial charge in [0.05, 0.1) is 6.54 Å². The summed E-state index contributed by atoms with van der Waals surface area (Å²) in [7, 11) is 0. The highest BCUT2D eigenvalue weighted by Gasteiger charge is 2.25. The van der Waals surface area contributed by atoms with Crippen LogP contribution in [0.25, 0.3) is 0 Å². The fourth-order valence-electron chi connectivity index (χ4n) is 1.94. The zero-order valence-electron chi connectivity index (χ0n) is 10.7. The minimum atomic E-state index is -0.841. The van der Waals surface area contributed by atoms with Crippen LogP contribution in [0, 0.1) is 11.7 Å². The Balaban J connectivity index is 1.77. The van der Waals surface area contributed by atoms with Gasteiger partial charge in [0.2, 0.25) is 0 Å². The summed E-state index contributed by atoms with van der Waals surface area (Å²) in [6, 6.07) is 6.22. The van der Waals surface area contributed by atoms with Crippen molar-refractivity contribution in [3.8, 4) is 5.75 Å². The summed E-state index contributed by atoms with van der Waals surface area (Å²) in [5.74, 6) is -0.405. The summed E-state index contributed by atoms with van der Waals surface area (Å²) < 4.78 is 18.7. The lowest BCUT2D eigenvalue weighted by Gasteiger charge is -2.20. The van der Waals surface area contributed by atoms with Crippen LogP contribution in [0.4, 0.5) is 4.39 Å². The van der Waals surface area contributed by atoms with Crippen molar-refractivity contribution in [2.24, 2.45) is 5.92 Å². The summed E-state index contributed by atoms with van der Waals surface area (Å²) in [5, 5.41) is 8.84. The summed E-state index contributed by atoms with van der Waals surface area (Å²) in [5.41, 5.74) is 0. The van der Waals surface area contributed by atoms with E-state index in [1.165, 1.54) is 18.9 Å². The second-order valence-corrected chi connectivity index (χ2v) is 4.85. The number of para-hydroxylation sites is 1. The van der Waals surface area contributed by atoms with Crippen LogP contribution >= 0.6 is 0 Å². The predicted octanol–water partition coefficient (Wildman–Crippen LogP) is 2.00. The van der Waals surface area contributed by atoms with Gasteiger partial charge in [-0.2, -0.15) is 0 Å². The van der Waals surface area contributed by atoms with Crippen molar-refractivity contribution in [1.29, 1.82) is 0 Å². The van der Waals surface area contributed by atoms with E-state index >= 15 is 0 Å². The molecule has 0 bridgehead atoms. The molecule has 5 heteroatoms. The van der Waals surface area contributed by atoms with Crippen LogP contribution < -0.4 is 4.74 Å². The van der Waals surface area contributed by atoms with E-state index in [1.54, 1.807) is 18.2 Å². The number of ether oxygens (including phenoxy) is 1. The third-order valence-corrected chi connectivity index (χ3v) is 3.07. The van der Waals surface area contributed by atoms with Crippen molar-refractivity contribution in [3.05, 3.63) is 30.1 Å². The number of hydrogen-bond donors (Lipinski definition) is 1. The number of aliphatic carboxylic acids is 1. The Bertz CT molecular complexity index is 434. The Morgan fingerprint density at radius 1 is 1.42 bits per heavy atom. The van der Waals surface area contributed by atoms with E-state index in [4.69, 9.17) is 9.84 Å². The van der Waals surface area contributed by atoms with Crippen molar-refractivity contribution in [2.75, 3.05) is 26.2 Å². The molecule has 0 saturated heterocycles. The van der Waals surface area contributed by atoms with Gasteiger partial charge in [-0.25, -0.2) is 4.39 Å². The highest BCUT2D eigenvalue weighted by atomic mass is 19.1. The fourth-order valence-corrected chi connectivity index (χ4v) is 1.94. The normalized spacial score (nSPS) is 14.6. The maximum Gasteiger partial charge on any atom is 0.317 e. The summed E-state index contributed by atoms with van der Waals surface area (Å²) in [6.45, 7) is 1.59. The number of carboxylic acid groups (broad SMARTS) is 1. The molecule has 0 radical (unpaired) electrons. The minimum Gasteiger partial charge on any atom is -0.489 e. The van der Waals surface area contributed by atoms with Crippen LogP contribution in [0.1, 0.15) is 12.8 Å².